The van der Waals surface area contributed by atoms with Crippen LogP contribution in [0.25, 0.3) is 11.1 Å². The normalized spacial score (nSPS) is 11.9. The number of carboxylic acids is 2. The second kappa shape index (κ2) is 15.8. The van der Waals surface area contributed by atoms with E-state index in [2.05, 4.69) is 133 Å². The van der Waals surface area contributed by atoms with Gasteiger partial charge in [-0.1, -0.05) is 158 Å². The average Bonchev–Trinajstić information content (AvgIpc) is 3.14. The first kappa shape index (κ1) is 36.9. The molecule has 0 heterocycles. The molecule has 0 amide bonds. The van der Waals surface area contributed by atoms with E-state index in [1.54, 1.807) is 27.7 Å². The minimum Gasteiger partial charge on any atom is -0.481 e. The highest BCUT2D eigenvalue weighted by Gasteiger charge is 2.35. The van der Waals surface area contributed by atoms with Crippen molar-refractivity contribution in [1.29, 1.82) is 0 Å². The summed E-state index contributed by atoms with van der Waals surface area (Å²) in [6, 6.07) is 54.8. The van der Waals surface area contributed by atoms with Crippen LogP contribution in [0.4, 0.5) is 0 Å². The Bertz CT molecular complexity index is 1910. The number of carboxylic acid groups (broad SMARTS) is 2. The summed E-state index contributed by atoms with van der Waals surface area (Å²) in [5.74, 6) is -1.73. The van der Waals surface area contributed by atoms with E-state index in [1.165, 1.54) is 21.2 Å². The Hall–Kier alpha value is -4.88. The van der Waals surface area contributed by atoms with Gasteiger partial charge in [0.05, 0.1) is 10.8 Å². The van der Waals surface area contributed by atoms with E-state index in [0.717, 1.165) is 32.9 Å². The SMILES string of the molecule is CC(C)(Cc1cccc(P(c2ccccc2)c2ccccc2)c1-c1c(CC(C)(C)C(=O)O)cccc1P(c1ccccc1)c1ccccc1)C(=O)O. The van der Waals surface area contributed by atoms with Crippen molar-refractivity contribution in [1.82, 2.24) is 0 Å². The lowest BCUT2D eigenvalue weighted by atomic mass is 9.80. The molecule has 2 N–H and O–H groups in total. The summed E-state index contributed by atoms with van der Waals surface area (Å²) < 4.78 is 0. The van der Waals surface area contributed by atoms with Crippen molar-refractivity contribution in [2.75, 3.05) is 0 Å². The molecule has 0 bridgehead atoms. The highest BCUT2D eigenvalue weighted by molar-refractivity contribution is 7.80. The largest absolute Gasteiger partial charge is 0.481 e. The lowest BCUT2D eigenvalue weighted by molar-refractivity contribution is -0.147. The van der Waals surface area contributed by atoms with Gasteiger partial charge in [-0.05, 0) is 110 Å². The number of hydrogen-bond donors (Lipinski definition) is 2. The van der Waals surface area contributed by atoms with Crippen LogP contribution in [0.2, 0.25) is 0 Å². The van der Waals surface area contributed by atoms with Crippen molar-refractivity contribution in [3.8, 4) is 11.1 Å². The van der Waals surface area contributed by atoms with Gasteiger partial charge >= 0.3 is 11.9 Å². The van der Waals surface area contributed by atoms with Gasteiger partial charge in [0, 0.05) is 0 Å². The first-order valence-electron chi connectivity index (χ1n) is 17.5. The molecular formula is C46H44O4P2. The minimum atomic E-state index is -1.12. The van der Waals surface area contributed by atoms with Gasteiger partial charge in [0.25, 0.3) is 0 Å². The summed E-state index contributed by atoms with van der Waals surface area (Å²) >= 11 is 0. The molecule has 0 aliphatic heterocycles. The molecule has 0 aliphatic rings. The predicted octanol–water partition coefficient (Wildman–Crippen LogP) is 8.18. The smallest absolute Gasteiger partial charge is 0.309 e. The minimum absolute atomic E-state index is 0.295. The molecule has 0 aromatic heterocycles. The third-order valence-corrected chi connectivity index (χ3v) is 14.4. The Labute approximate surface area is 309 Å². The van der Waals surface area contributed by atoms with Crippen LogP contribution in [0.15, 0.2) is 158 Å². The zero-order valence-corrected chi connectivity index (χ0v) is 31.8. The summed E-state index contributed by atoms with van der Waals surface area (Å²) in [6.45, 7) is 7.13. The van der Waals surface area contributed by atoms with E-state index in [1.807, 2.05) is 24.3 Å². The molecular weight excluding hydrogens is 678 g/mol. The third kappa shape index (κ3) is 7.95. The van der Waals surface area contributed by atoms with Crippen molar-refractivity contribution >= 4 is 59.6 Å². The van der Waals surface area contributed by atoms with E-state index in [0.29, 0.717) is 12.8 Å². The lowest BCUT2D eigenvalue weighted by Gasteiger charge is -2.32. The Kier molecular flexibility index (Phi) is 11.2. The van der Waals surface area contributed by atoms with Crippen molar-refractivity contribution in [3.05, 3.63) is 169 Å². The second-order valence-electron chi connectivity index (χ2n) is 14.4. The molecule has 262 valence electrons. The topological polar surface area (TPSA) is 74.6 Å². The first-order valence-corrected chi connectivity index (χ1v) is 20.2. The summed E-state index contributed by atoms with van der Waals surface area (Å²) in [5.41, 5.74) is 1.75. The Morgan fingerprint density at radius 2 is 0.692 bits per heavy atom. The molecule has 0 spiro atoms. The molecule has 52 heavy (non-hydrogen) atoms. The summed E-state index contributed by atoms with van der Waals surface area (Å²) in [5, 5.41) is 27.8. The van der Waals surface area contributed by atoms with Crippen molar-refractivity contribution in [3.63, 3.8) is 0 Å². The molecule has 0 saturated heterocycles. The molecule has 0 fully saturated rings. The Balaban J connectivity index is 1.78. The molecule has 4 nitrogen and oxygen atoms in total. The molecule has 6 aromatic carbocycles. The number of carbonyl (C=O) groups is 2. The maximum atomic E-state index is 12.8. The fraction of sp³-hybridized carbons (Fsp3) is 0.174. The zero-order chi connectivity index (χ0) is 36.9. The van der Waals surface area contributed by atoms with Crippen LogP contribution < -0.4 is 31.8 Å². The van der Waals surface area contributed by atoms with E-state index in [9.17, 15) is 19.8 Å². The third-order valence-electron chi connectivity index (χ3n) is 9.47. The fourth-order valence-electron chi connectivity index (χ4n) is 6.68. The highest BCUT2D eigenvalue weighted by atomic mass is 31.1. The fourth-order valence-corrected chi connectivity index (χ4v) is 11.7. The summed E-state index contributed by atoms with van der Waals surface area (Å²) in [4.78, 5) is 25.5. The predicted molar refractivity (Wildman–Crippen MR) is 220 cm³/mol. The highest BCUT2D eigenvalue weighted by Crippen LogP contribution is 2.45. The van der Waals surface area contributed by atoms with E-state index in [-0.39, 0.29) is 0 Å². The van der Waals surface area contributed by atoms with Gasteiger partial charge in [0.15, 0.2) is 0 Å². The molecule has 0 atom stereocenters. The second-order valence-corrected chi connectivity index (χ2v) is 18.7. The Morgan fingerprint density at radius 1 is 0.423 bits per heavy atom. The van der Waals surface area contributed by atoms with Crippen LogP contribution >= 0.6 is 15.8 Å². The van der Waals surface area contributed by atoms with Gasteiger partial charge < -0.3 is 10.2 Å². The molecule has 6 aromatic rings. The van der Waals surface area contributed by atoms with E-state index < -0.39 is 38.6 Å². The first-order chi connectivity index (χ1) is 25.0. The monoisotopic (exact) mass is 722 g/mol. The quantitative estimate of drug-likeness (QED) is 0.118. The maximum absolute atomic E-state index is 12.8. The maximum Gasteiger partial charge on any atom is 0.309 e. The van der Waals surface area contributed by atoms with Crippen LogP contribution in [-0.2, 0) is 22.4 Å². The van der Waals surface area contributed by atoms with Gasteiger partial charge in [-0.15, -0.1) is 0 Å². The molecule has 0 unspecified atom stereocenters. The molecule has 0 aliphatic carbocycles. The number of rotatable bonds is 13. The zero-order valence-electron chi connectivity index (χ0n) is 30.0. The van der Waals surface area contributed by atoms with Crippen LogP contribution in [0.3, 0.4) is 0 Å². The average molecular weight is 723 g/mol. The molecule has 6 rings (SSSR count). The summed E-state index contributed by atoms with van der Waals surface area (Å²) in [6.07, 6.45) is 0.589. The molecule has 0 saturated carbocycles. The Morgan fingerprint density at radius 3 is 0.942 bits per heavy atom. The van der Waals surface area contributed by atoms with E-state index in [4.69, 9.17) is 0 Å². The number of benzene rings is 6. The summed E-state index contributed by atoms with van der Waals surface area (Å²) in [7, 11) is -2.24. The van der Waals surface area contributed by atoms with Gasteiger partial charge in [-0.2, -0.15) is 0 Å². The van der Waals surface area contributed by atoms with Gasteiger partial charge in [0.1, 0.15) is 0 Å². The standard InChI is InChI=1S/C46H44O4P2/c1-45(2,43(47)48)31-33-19-17-29-39(51(35-21-9-5-10-22-35)36-23-11-6-12-24-36)41(33)42-34(32-46(3,4)44(49)50)20-18-30-40(42)52(37-25-13-7-14-26-37)38-27-15-8-16-28-38/h5-30H,31-32H2,1-4H3,(H,47,48)(H,49,50). The van der Waals surface area contributed by atoms with Crippen LogP contribution in [-0.4, -0.2) is 22.2 Å². The van der Waals surface area contributed by atoms with E-state index >= 15 is 0 Å². The van der Waals surface area contributed by atoms with Gasteiger partial charge in [-0.3, -0.25) is 9.59 Å². The van der Waals surface area contributed by atoms with Crippen LogP contribution in [0.1, 0.15) is 38.8 Å². The van der Waals surface area contributed by atoms with Crippen molar-refractivity contribution < 1.29 is 19.8 Å². The van der Waals surface area contributed by atoms with Crippen LogP contribution in [0, 0.1) is 10.8 Å². The number of aliphatic carboxylic acids is 2. The molecule has 6 heteroatoms. The van der Waals surface area contributed by atoms with Gasteiger partial charge in [-0.25, -0.2) is 0 Å². The molecule has 0 radical (unpaired) electrons. The van der Waals surface area contributed by atoms with Crippen LogP contribution in [0.5, 0.6) is 0 Å². The van der Waals surface area contributed by atoms with Crippen molar-refractivity contribution in [2.24, 2.45) is 10.8 Å². The lowest BCUT2D eigenvalue weighted by Crippen LogP contribution is -2.31. The van der Waals surface area contributed by atoms with Gasteiger partial charge in [0.2, 0.25) is 0 Å². The number of hydrogen-bond acceptors (Lipinski definition) is 2. The van der Waals surface area contributed by atoms with Crippen molar-refractivity contribution in [2.45, 2.75) is 40.5 Å².